The molecule has 0 unspecified atom stereocenters. The Morgan fingerprint density at radius 3 is 2.23 bits per heavy atom. The third-order valence-corrected chi connectivity index (χ3v) is 6.81. The Balaban J connectivity index is 1.81. The molecule has 0 spiro atoms. The smallest absolute Gasteiger partial charge is 0.407 e. The molecule has 30 heavy (non-hydrogen) atoms. The topological polar surface area (TPSA) is 97.0 Å². The summed E-state index contributed by atoms with van der Waals surface area (Å²) in [5, 5.41) is 6.36. The van der Waals surface area contributed by atoms with Crippen LogP contribution in [0.1, 0.15) is 40.5 Å². The number of nitrogens with one attached hydrogen (secondary N) is 2. The molecule has 170 valence electrons. The van der Waals surface area contributed by atoms with E-state index in [4.69, 9.17) is 9.47 Å². The molecule has 9 heteroatoms. The molecule has 1 aliphatic rings. The molecule has 0 radical (unpaired) electrons. The molecule has 0 aliphatic heterocycles. The lowest BCUT2D eigenvalue weighted by Crippen LogP contribution is -2.54. The van der Waals surface area contributed by atoms with Crippen LogP contribution in [0.5, 0.6) is 5.75 Å². The second kappa shape index (κ2) is 9.53. The minimum atomic E-state index is -3.45. The highest BCUT2D eigenvalue weighted by Gasteiger charge is 2.41. The van der Waals surface area contributed by atoms with E-state index >= 15 is 0 Å². The number of hydrogen-bond acceptors (Lipinski definition) is 6. The summed E-state index contributed by atoms with van der Waals surface area (Å²) in [6.07, 6.45) is 1.84. The molecule has 0 bridgehead atoms. The van der Waals surface area contributed by atoms with Crippen LogP contribution in [0.2, 0.25) is 0 Å². The van der Waals surface area contributed by atoms with Crippen molar-refractivity contribution < 1.29 is 22.7 Å². The number of ether oxygens (including phenoxy) is 2. The van der Waals surface area contributed by atoms with Crippen LogP contribution in [0.15, 0.2) is 29.2 Å². The summed E-state index contributed by atoms with van der Waals surface area (Å²) in [4.78, 5) is 12.2. The van der Waals surface area contributed by atoms with E-state index in [-0.39, 0.29) is 10.4 Å². The van der Waals surface area contributed by atoms with Gasteiger partial charge in [0.25, 0.3) is 0 Å². The van der Waals surface area contributed by atoms with Gasteiger partial charge in [0.15, 0.2) is 0 Å². The number of carbonyl (C=O) groups excluding carboxylic acids is 1. The van der Waals surface area contributed by atoms with Crippen LogP contribution in [-0.4, -0.2) is 63.7 Å². The van der Waals surface area contributed by atoms with Crippen LogP contribution in [-0.2, 0) is 14.8 Å². The van der Waals surface area contributed by atoms with Crippen molar-refractivity contribution in [2.45, 2.75) is 56.6 Å². The molecule has 2 rings (SSSR count). The van der Waals surface area contributed by atoms with Crippen molar-refractivity contribution in [2.24, 2.45) is 5.92 Å². The maximum atomic E-state index is 12.1. The first-order valence-corrected chi connectivity index (χ1v) is 11.6. The van der Waals surface area contributed by atoms with Crippen molar-refractivity contribution in [3.63, 3.8) is 0 Å². The van der Waals surface area contributed by atoms with Gasteiger partial charge in [-0.15, -0.1) is 0 Å². The van der Waals surface area contributed by atoms with Gasteiger partial charge in [-0.3, -0.25) is 0 Å². The molecular formula is C21H35N3O5S. The van der Waals surface area contributed by atoms with Crippen LogP contribution in [0.3, 0.4) is 0 Å². The predicted octanol–water partition coefficient (Wildman–Crippen LogP) is 2.60. The monoisotopic (exact) mass is 441 g/mol. The molecule has 1 saturated carbocycles. The Labute approximate surface area is 180 Å². The molecule has 0 saturated heterocycles. The molecule has 1 fully saturated rings. The van der Waals surface area contributed by atoms with Gasteiger partial charge in [0.1, 0.15) is 18.0 Å². The van der Waals surface area contributed by atoms with Crippen LogP contribution in [0.4, 0.5) is 4.79 Å². The van der Waals surface area contributed by atoms with Gasteiger partial charge in [0.05, 0.1) is 4.90 Å². The lowest BCUT2D eigenvalue weighted by atomic mass is 9.95. The minimum Gasteiger partial charge on any atom is -0.492 e. The number of rotatable bonds is 10. The van der Waals surface area contributed by atoms with E-state index in [2.05, 4.69) is 17.6 Å². The Kier molecular flexibility index (Phi) is 7.76. The summed E-state index contributed by atoms with van der Waals surface area (Å²) >= 11 is 0. The first kappa shape index (κ1) is 24.4. The van der Waals surface area contributed by atoms with Gasteiger partial charge < -0.3 is 20.1 Å². The van der Waals surface area contributed by atoms with Crippen molar-refractivity contribution in [3.05, 3.63) is 24.3 Å². The van der Waals surface area contributed by atoms with Gasteiger partial charge in [-0.2, -0.15) is 0 Å². The molecule has 1 aliphatic carbocycles. The Morgan fingerprint density at radius 1 is 1.13 bits per heavy atom. The average Bonchev–Trinajstić information content (AvgIpc) is 3.48. The summed E-state index contributed by atoms with van der Waals surface area (Å²) in [5.74, 6) is 1.11. The van der Waals surface area contributed by atoms with Gasteiger partial charge in [-0.1, -0.05) is 0 Å². The van der Waals surface area contributed by atoms with E-state index in [1.807, 2.05) is 20.8 Å². The lowest BCUT2D eigenvalue weighted by molar-refractivity contribution is 0.0507. The lowest BCUT2D eigenvalue weighted by Gasteiger charge is -2.32. The highest BCUT2D eigenvalue weighted by atomic mass is 32.2. The number of nitrogens with zero attached hydrogens (tertiary/aromatic N) is 1. The van der Waals surface area contributed by atoms with Crippen molar-refractivity contribution in [1.29, 1.82) is 0 Å². The second-order valence-electron chi connectivity index (χ2n) is 9.08. The zero-order valence-corrected chi connectivity index (χ0v) is 19.6. The van der Waals surface area contributed by atoms with Crippen molar-refractivity contribution in [2.75, 3.05) is 33.8 Å². The number of carbonyl (C=O) groups is 1. The van der Waals surface area contributed by atoms with E-state index in [1.165, 1.54) is 30.5 Å². The fraction of sp³-hybridized carbons (Fsp3) is 0.667. The number of alkyl carbamates (subject to hydrolysis) is 1. The minimum absolute atomic E-state index is 0.229. The van der Waals surface area contributed by atoms with E-state index in [0.717, 1.165) is 12.8 Å². The quantitative estimate of drug-likeness (QED) is 0.542. The van der Waals surface area contributed by atoms with Crippen LogP contribution in [0, 0.1) is 5.92 Å². The third kappa shape index (κ3) is 7.14. The van der Waals surface area contributed by atoms with Gasteiger partial charge in [-0.25, -0.2) is 17.5 Å². The summed E-state index contributed by atoms with van der Waals surface area (Å²) in [6, 6.07) is 6.38. The van der Waals surface area contributed by atoms with Crippen molar-refractivity contribution in [3.8, 4) is 5.75 Å². The van der Waals surface area contributed by atoms with E-state index in [1.54, 1.807) is 12.1 Å². The predicted molar refractivity (Wildman–Crippen MR) is 116 cm³/mol. The number of hydrogen-bond donors (Lipinski definition) is 2. The number of benzene rings is 1. The molecule has 2 N–H and O–H groups in total. The molecular weight excluding hydrogens is 406 g/mol. The maximum Gasteiger partial charge on any atom is 0.407 e. The SMILES string of the molecule is CN(C)S(=O)(=O)c1ccc(OCCN[C@](C)(CNC(=O)OC(C)(C)C)C2CC2)cc1. The Hall–Kier alpha value is -1.84. The molecule has 1 amide bonds. The summed E-state index contributed by atoms with van der Waals surface area (Å²) < 4.78 is 36.4. The van der Waals surface area contributed by atoms with Gasteiger partial charge in [0.2, 0.25) is 10.0 Å². The van der Waals surface area contributed by atoms with Crippen LogP contribution < -0.4 is 15.4 Å². The Morgan fingerprint density at radius 2 is 1.73 bits per heavy atom. The number of sulfonamides is 1. The molecule has 0 heterocycles. The highest BCUT2D eigenvalue weighted by molar-refractivity contribution is 7.89. The molecule has 1 atom stereocenters. The molecule has 8 nitrogen and oxygen atoms in total. The third-order valence-electron chi connectivity index (χ3n) is 4.98. The van der Waals surface area contributed by atoms with Crippen LogP contribution in [0.25, 0.3) is 0 Å². The van der Waals surface area contributed by atoms with Gasteiger partial charge in [0, 0.05) is 32.7 Å². The van der Waals surface area contributed by atoms with E-state index in [0.29, 0.717) is 31.4 Å². The first-order valence-electron chi connectivity index (χ1n) is 10.2. The average molecular weight is 442 g/mol. The van der Waals surface area contributed by atoms with Gasteiger partial charge in [-0.05, 0) is 70.7 Å². The van der Waals surface area contributed by atoms with E-state index < -0.39 is 21.7 Å². The highest BCUT2D eigenvalue weighted by Crippen LogP contribution is 2.39. The summed E-state index contributed by atoms with van der Waals surface area (Å²) in [5.41, 5.74) is -0.757. The maximum absolute atomic E-state index is 12.1. The Bertz CT molecular complexity index is 814. The fourth-order valence-electron chi connectivity index (χ4n) is 3.07. The van der Waals surface area contributed by atoms with Gasteiger partial charge >= 0.3 is 6.09 Å². The molecule has 1 aromatic carbocycles. The normalized spacial score (nSPS) is 16.8. The molecule has 0 aromatic heterocycles. The van der Waals surface area contributed by atoms with Crippen molar-refractivity contribution >= 4 is 16.1 Å². The summed E-state index contributed by atoms with van der Waals surface area (Å²) in [7, 11) is -0.445. The zero-order valence-electron chi connectivity index (χ0n) is 18.8. The van der Waals surface area contributed by atoms with Crippen LogP contribution >= 0.6 is 0 Å². The second-order valence-corrected chi connectivity index (χ2v) is 11.2. The summed E-state index contributed by atoms with van der Waals surface area (Å²) in [6.45, 7) is 9.11. The van der Waals surface area contributed by atoms with E-state index in [9.17, 15) is 13.2 Å². The largest absolute Gasteiger partial charge is 0.492 e. The molecule has 1 aromatic rings. The first-order chi connectivity index (χ1) is 13.8. The van der Waals surface area contributed by atoms with Crippen molar-refractivity contribution in [1.82, 2.24) is 14.9 Å². The number of amides is 1. The fourth-order valence-corrected chi connectivity index (χ4v) is 3.97. The zero-order chi connectivity index (χ0) is 22.6. The standard InChI is InChI=1S/C21H35N3O5S/c1-20(2,3)29-19(25)22-15-21(4,16-7-8-16)23-13-14-28-17-9-11-18(12-10-17)30(26,27)24(5)6/h9-12,16,23H,7-8,13-15H2,1-6H3,(H,22,25)/t21-/m1/s1.